The Hall–Kier alpha value is -1.19. The van der Waals surface area contributed by atoms with Crippen molar-refractivity contribution in [3.05, 3.63) is 44.3 Å². The summed E-state index contributed by atoms with van der Waals surface area (Å²) in [5, 5.41) is 0. The molecular formula is C16H16FeO6. The van der Waals surface area contributed by atoms with Crippen LogP contribution in [0.2, 0.25) is 0 Å². The van der Waals surface area contributed by atoms with Crippen LogP contribution in [0.3, 0.4) is 0 Å². The zero-order valence-electron chi connectivity index (χ0n) is 12.3. The van der Waals surface area contributed by atoms with Crippen molar-refractivity contribution in [3.63, 3.8) is 0 Å². The molecule has 2 aliphatic carbocycles. The van der Waals surface area contributed by atoms with Gasteiger partial charge in [0.25, 0.3) is 0 Å². The molecule has 1 saturated heterocycles. The molecule has 0 radical (unpaired) electrons. The number of carbonyl (C=O) groups is 1. The summed E-state index contributed by atoms with van der Waals surface area (Å²) in [7, 11) is 0. The van der Waals surface area contributed by atoms with Crippen molar-refractivity contribution < 1.29 is 45.3 Å². The number of ketones is 1. The molecule has 6 nitrogen and oxygen atoms in total. The molecule has 2 fully saturated rings. The van der Waals surface area contributed by atoms with E-state index in [1.165, 1.54) is 0 Å². The van der Waals surface area contributed by atoms with Crippen LogP contribution < -0.4 is 0 Å². The molecular weight excluding hydrogens is 344 g/mol. The molecule has 1 saturated carbocycles. The molecule has 0 aromatic heterocycles. The summed E-state index contributed by atoms with van der Waals surface area (Å²) >= 11 is 0. The van der Waals surface area contributed by atoms with Crippen LogP contribution >= 0.6 is 0 Å². The molecule has 0 bridgehead atoms. The predicted octanol–water partition coefficient (Wildman–Crippen LogP) is 1.58. The molecule has 1 aliphatic heterocycles. The summed E-state index contributed by atoms with van der Waals surface area (Å²) in [4.78, 5) is 11.8. The number of fused-ring (bicyclic) bond motifs is 1. The standard InChI is InChI=1S/C13H16O3.3CO.Fe/c14-12-4-2-1-3-9-10(12)5-6-11(9)13-15-7-8-16-13;3*1-2;/h1-4,9-11,13H,5-8H2;;;;. The summed E-state index contributed by atoms with van der Waals surface area (Å²) in [5.74, 6) is 1.06. The van der Waals surface area contributed by atoms with E-state index < -0.39 is 0 Å². The molecule has 0 aromatic rings. The second-order valence-corrected chi connectivity index (χ2v) is 4.68. The number of hydrogen-bond donors (Lipinski definition) is 0. The Balaban J connectivity index is 0. The minimum atomic E-state index is -0.0921. The van der Waals surface area contributed by atoms with E-state index in [4.69, 9.17) is 23.4 Å². The van der Waals surface area contributed by atoms with Crippen LogP contribution in [0.4, 0.5) is 0 Å². The minimum Gasteiger partial charge on any atom is 0 e. The van der Waals surface area contributed by atoms with Crippen molar-refractivity contribution in [1.82, 2.24) is 0 Å². The summed E-state index contributed by atoms with van der Waals surface area (Å²) in [6.07, 6.45) is 9.57. The van der Waals surface area contributed by atoms with Gasteiger partial charge in [-0.1, -0.05) is 18.2 Å². The molecule has 3 rings (SSSR count). The van der Waals surface area contributed by atoms with E-state index in [0.29, 0.717) is 25.0 Å². The molecule has 124 valence electrons. The summed E-state index contributed by atoms with van der Waals surface area (Å²) in [6.45, 7) is 14.9. The van der Waals surface area contributed by atoms with E-state index >= 15 is 0 Å². The summed E-state index contributed by atoms with van der Waals surface area (Å²) in [5.41, 5.74) is 0. The number of hydrogen-bond acceptors (Lipinski definition) is 3. The number of carbonyl (C=O) groups excluding carboxylic acids is 1. The third-order valence-electron chi connectivity index (χ3n) is 3.84. The first-order chi connectivity index (χ1) is 10.9. The molecule has 0 spiro atoms. The maximum absolute atomic E-state index is 11.8. The Morgan fingerprint density at radius 3 is 2.09 bits per heavy atom. The first-order valence-corrected chi connectivity index (χ1v) is 6.59. The third kappa shape index (κ3) is 6.44. The topological polar surface area (TPSA) is 95.2 Å². The van der Waals surface area contributed by atoms with Gasteiger partial charge in [0.05, 0.1) is 13.2 Å². The molecule has 3 atom stereocenters. The van der Waals surface area contributed by atoms with Gasteiger partial charge in [-0.25, -0.2) is 0 Å². The normalized spacial score (nSPS) is 27.4. The Kier molecular flexibility index (Phi) is 15.1. The zero-order valence-corrected chi connectivity index (χ0v) is 13.4. The van der Waals surface area contributed by atoms with Crippen LogP contribution in [0.25, 0.3) is 0 Å². The van der Waals surface area contributed by atoms with E-state index in [-0.39, 0.29) is 35.1 Å². The summed E-state index contributed by atoms with van der Waals surface area (Å²) in [6, 6.07) is 0. The van der Waals surface area contributed by atoms with E-state index in [0.717, 1.165) is 12.8 Å². The average Bonchev–Trinajstić information content (AvgIpc) is 3.23. The van der Waals surface area contributed by atoms with Crippen molar-refractivity contribution in [3.8, 4) is 0 Å². The Morgan fingerprint density at radius 2 is 1.52 bits per heavy atom. The third-order valence-corrected chi connectivity index (χ3v) is 3.84. The maximum atomic E-state index is 11.8. The van der Waals surface area contributed by atoms with E-state index in [1.54, 1.807) is 6.08 Å². The van der Waals surface area contributed by atoms with Crippen molar-refractivity contribution in [2.45, 2.75) is 19.1 Å². The molecule has 1 heterocycles. The van der Waals surface area contributed by atoms with E-state index in [9.17, 15) is 4.79 Å². The van der Waals surface area contributed by atoms with Crippen molar-refractivity contribution in [2.24, 2.45) is 17.8 Å². The zero-order chi connectivity index (χ0) is 17.0. The van der Waals surface area contributed by atoms with Gasteiger partial charge in [-0.05, 0) is 24.8 Å². The smallest absolute Gasteiger partial charge is 0 e. The second kappa shape index (κ2) is 14.4. The number of allylic oxidation sites excluding steroid dienone is 4. The van der Waals surface area contributed by atoms with Crippen LogP contribution in [0.1, 0.15) is 12.8 Å². The van der Waals surface area contributed by atoms with Crippen LogP contribution in [0.15, 0.2) is 24.3 Å². The average molecular weight is 360 g/mol. The fourth-order valence-corrected chi connectivity index (χ4v) is 3.07. The number of rotatable bonds is 1. The van der Waals surface area contributed by atoms with Crippen molar-refractivity contribution >= 4 is 5.78 Å². The Labute approximate surface area is 145 Å². The van der Waals surface area contributed by atoms with E-state index in [1.807, 2.05) is 12.2 Å². The first kappa shape index (κ1) is 24.1. The van der Waals surface area contributed by atoms with Gasteiger partial charge in [0.15, 0.2) is 12.1 Å². The Morgan fingerprint density at radius 1 is 0.957 bits per heavy atom. The molecule has 3 unspecified atom stereocenters. The van der Waals surface area contributed by atoms with Gasteiger partial charge in [-0.2, -0.15) is 0 Å². The second-order valence-electron chi connectivity index (χ2n) is 4.68. The maximum Gasteiger partial charge on any atom is 0 e. The van der Waals surface area contributed by atoms with Crippen LogP contribution in [0, 0.1) is 37.7 Å². The summed E-state index contributed by atoms with van der Waals surface area (Å²) < 4.78 is 33.6. The van der Waals surface area contributed by atoms with Gasteiger partial charge in [0.2, 0.25) is 0 Å². The molecule has 0 aromatic carbocycles. The van der Waals surface area contributed by atoms with Gasteiger partial charge >= 0.3 is 33.9 Å². The quantitative estimate of drug-likeness (QED) is 0.404. The van der Waals surface area contributed by atoms with Crippen LogP contribution in [-0.4, -0.2) is 25.3 Å². The van der Waals surface area contributed by atoms with Crippen LogP contribution in [-0.2, 0) is 45.3 Å². The predicted molar refractivity (Wildman–Crippen MR) is 70.5 cm³/mol. The van der Waals surface area contributed by atoms with Gasteiger partial charge < -0.3 is 9.47 Å². The molecule has 0 amide bonds. The fraction of sp³-hybridized carbons (Fsp3) is 0.500. The van der Waals surface area contributed by atoms with Gasteiger partial charge in [0, 0.05) is 28.9 Å². The van der Waals surface area contributed by atoms with E-state index in [2.05, 4.69) is 26.0 Å². The Bertz CT molecular complexity index is 445. The molecule has 7 heteroatoms. The molecule has 3 aliphatic rings. The fourth-order valence-electron chi connectivity index (χ4n) is 3.07. The minimum absolute atomic E-state index is 0. The largest absolute Gasteiger partial charge is 0 e. The van der Waals surface area contributed by atoms with Crippen LogP contribution in [0.5, 0.6) is 0 Å². The van der Waals surface area contributed by atoms with Gasteiger partial charge in [-0.3, -0.25) is 4.79 Å². The van der Waals surface area contributed by atoms with Crippen molar-refractivity contribution in [1.29, 1.82) is 0 Å². The monoisotopic (exact) mass is 360 g/mol. The number of ether oxygens (including phenoxy) is 2. The molecule has 0 N–H and O–H groups in total. The van der Waals surface area contributed by atoms with Gasteiger partial charge in [-0.15, -0.1) is 0 Å². The molecule has 23 heavy (non-hydrogen) atoms. The SMILES string of the molecule is O=C1C=CC=CC2C1CCC2C1OCCO1.[C-]#[O+].[C-]#[O+].[C-]#[O+].[Fe]. The van der Waals surface area contributed by atoms with Crippen molar-refractivity contribution in [2.75, 3.05) is 13.2 Å². The van der Waals surface area contributed by atoms with Gasteiger partial charge in [0.1, 0.15) is 0 Å². The first-order valence-electron chi connectivity index (χ1n) is 6.59.